The van der Waals surface area contributed by atoms with Gasteiger partial charge in [0.25, 0.3) is 0 Å². The first kappa shape index (κ1) is 10.9. The zero-order chi connectivity index (χ0) is 10.7. The number of rotatable bonds is 1. The second-order valence-electron chi connectivity index (χ2n) is 3.31. The van der Waals surface area contributed by atoms with Gasteiger partial charge >= 0.3 is 6.03 Å². The Morgan fingerprint density at radius 3 is 2.57 bits per heavy atom. The quantitative estimate of drug-likeness (QED) is 0.763. The van der Waals surface area contributed by atoms with Crippen LogP contribution in [0.1, 0.15) is 5.56 Å². The highest BCUT2D eigenvalue weighted by Gasteiger charge is 2.06. The molecule has 4 heteroatoms. The third-order valence-electron chi connectivity index (χ3n) is 1.77. The Bertz CT molecular complexity index is 350. The summed E-state index contributed by atoms with van der Waals surface area (Å²) < 4.78 is 0. The molecule has 14 heavy (non-hydrogen) atoms. The van der Waals surface area contributed by atoms with Crippen LogP contribution < -0.4 is 5.32 Å². The average molecular weight is 213 g/mol. The Morgan fingerprint density at radius 1 is 1.43 bits per heavy atom. The second-order valence-corrected chi connectivity index (χ2v) is 3.72. The SMILES string of the molecule is Cc1ccc(NC(=O)N(C)C)c(Cl)c1. The number of carbonyl (C=O) groups excluding carboxylic acids is 1. The number of halogens is 1. The smallest absolute Gasteiger partial charge is 0.321 e. The van der Waals surface area contributed by atoms with Crippen LogP contribution in [0.25, 0.3) is 0 Å². The van der Waals surface area contributed by atoms with Crippen LogP contribution in [0.5, 0.6) is 0 Å². The minimum Gasteiger partial charge on any atom is -0.331 e. The molecule has 0 bridgehead atoms. The molecule has 0 aliphatic rings. The van der Waals surface area contributed by atoms with Crippen LogP contribution in [0.2, 0.25) is 5.02 Å². The van der Waals surface area contributed by atoms with Crippen molar-refractivity contribution in [3.8, 4) is 0 Å². The zero-order valence-electron chi connectivity index (χ0n) is 8.47. The summed E-state index contributed by atoms with van der Waals surface area (Å²) in [5, 5.41) is 3.25. The summed E-state index contributed by atoms with van der Waals surface area (Å²) >= 11 is 5.95. The van der Waals surface area contributed by atoms with Gasteiger partial charge in [-0.05, 0) is 24.6 Å². The molecule has 0 spiro atoms. The van der Waals surface area contributed by atoms with Gasteiger partial charge in [0.05, 0.1) is 10.7 Å². The van der Waals surface area contributed by atoms with Gasteiger partial charge in [0.1, 0.15) is 0 Å². The van der Waals surface area contributed by atoms with Gasteiger partial charge in [0.15, 0.2) is 0 Å². The molecule has 0 heterocycles. The van der Waals surface area contributed by atoms with E-state index in [0.29, 0.717) is 10.7 Å². The number of nitrogens with one attached hydrogen (secondary N) is 1. The summed E-state index contributed by atoms with van der Waals surface area (Å²) in [5.74, 6) is 0. The zero-order valence-corrected chi connectivity index (χ0v) is 9.22. The molecule has 0 aromatic heterocycles. The minimum absolute atomic E-state index is 0.184. The number of hydrogen-bond acceptors (Lipinski definition) is 1. The Hall–Kier alpha value is -1.22. The van der Waals surface area contributed by atoms with Crippen LogP contribution >= 0.6 is 11.6 Å². The van der Waals surface area contributed by atoms with Crippen LogP contribution in [0.15, 0.2) is 18.2 Å². The van der Waals surface area contributed by atoms with E-state index in [1.54, 1.807) is 20.2 Å². The Labute approximate surface area is 88.7 Å². The Morgan fingerprint density at radius 2 is 2.07 bits per heavy atom. The first-order valence-corrected chi connectivity index (χ1v) is 4.63. The number of hydrogen-bond donors (Lipinski definition) is 1. The molecule has 0 saturated heterocycles. The lowest BCUT2D eigenvalue weighted by atomic mass is 10.2. The molecule has 1 N–H and O–H groups in total. The Kier molecular flexibility index (Phi) is 3.36. The molecule has 3 nitrogen and oxygen atoms in total. The molecule has 0 atom stereocenters. The van der Waals surface area contributed by atoms with Crippen molar-refractivity contribution >= 4 is 23.3 Å². The minimum atomic E-state index is -0.184. The fraction of sp³-hybridized carbons (Fsp3) is 0.300. The van der Waals surface area contributed by atoms with Crippen LogP contribution in [-0.4, -0.2) is 25.0 Å². The first-order valence-electron chi connectivity index (χ1n) is 4.25. The van der Waals surface area contributed by atoms with Crippen LogP contribution in [-0.2, 0) is 0 Å². The molecule has 1 rings (SSSR count). The number of aryl methyl sites for hydroxylation is 1. The topological polar surface area (TPSA) is 32.3 Å². The third-order valence-corrected chi connectivity index (χ3v) is 2.09. The number of carbonyl (C=O) groups is 1. The van der Waals surface area contributed by atoms with Crippen LogP contribution in [0.4, 0.5) is 10.5 Å². The summed E-state index contributed by atoms with van der Waals surface area (Å²) in [4.78, 5) is 12.8. The molecule has 0 fully saturated rings. The van der Waals surface area contributed by atoms with E-state index in [4.69, 9.17) is 11.6 Å². The van der Waals surface area contributed by atoms with Crippen LogP contribution in [0.3, 0.4) is 0 Å². The molecule has 0 aliphatic heterocycles. The predicted molar refractivity (Wildman–Crippen MR) is 58.9 cm³/mol. The van der Waals surface area contributed by atoms with E-state index in [2.05, 4.69) is 5.32 Å². The predicted octanol–water partition coefficient (Wildman–Crippen LogP) is 2.74. The lowest BCUT2D eigenvalue weighted by Gasteiger charge is -2.13. The van der Waals surface area contributed by atoms with Crippen molar-refractivity contribution in [3.05, 3.63) is 28.8 Å². The molecule has 0 unspecified atom stereocenters. The second kappa shape index (κ2) is 4.33. The van der Waals surface area contributed by atoms with E-state index >= 15 is 0 Å². The summed E-state index contributed by atoms with van der Waals surface area (Å²) in [6, 6.07) is 5.32. The molecule has 0 saturated carbocycles. The average Bonchev–Trinajstić information content (AvgIpc) is 2.09. The number of anilines is 1. The van der Waals surface area contributed by atoms with Crippen molar-refractivity contribution in [2.75, 3.05) is 19.4 Å². The molecule has 0 aliphatic carbocycles. The maximum absolute atomic E-state index is 11.3. The van der Waals surface area contributed by atoms with E-state index in [0.717, 1.165) is 5.56 Å². The standard InChI is InChI=1S/C10H13ClN2O/c1-7-4-5-9(8(11)6-7)12-10(14)13(2)3/h4-6H,1-3H3,(H,12,14). The largest absolute Gasteiger partial charge is 0.331 e. The van der Waals surface area contributed by atoms with E-state index < -0.39 is 0 Å². The monoisotopic (exact) mass is 212 g/mol. The maximum Gasteiger partial charge on any atom is 0.321 e. The molecular weight excluding hydrogens is 200 g/mol. The van der Waals surface area contributed by atoms with Gasteiger partial charge in [-0.3, -0.25) is 0 Å². The number of amides is 2. The van der Waals surface area contributed by atoms with Gasteiger partial charge in [0, 0.05) is 14.1 Å². The van der Waals surface area contributed by atoms with Gasteiger partial charge in [-0.15, -0.1) is 0 Å². The highest BCUT2D eigenvalue weighted by Crippen LogP contribution is 2.22. The van der Waals surface area contributed by atoms with Gasteiger partial charge in [-0.2, -0.15) is 0 Å². The van der Waals surface area contributed by atoms with Crippen molar-refractivity contribution < 1.29 is 4.79 Å². The molecule has 2 amide bonds. The lowest BCUT2D eigenvalue weighted by molar-refractivity contribution is 0.230. The number of benzene rings is 1. The lowest BCUT2D eigenvalue weighted by Crippen LogP contribution is -2.27. The third kappa shape index (κ3) is 2.64. The molecular formula is C10H13ClN2O. The highest BCUT2D eigenvalue weighted by atomic mass is 35.5. The van der Waals surface area contributed by atoms with Crippen molar-refractivity contribution in [1.82, 2.24) is 4.90 Å². The van der Waals surface area contributed by atoms with Crippen molar-refractivity contribution in [2.45, 2.75) is 6.92 Å². The highest BCUT2D eigenvalue weighted by molar-refractivity contribution is 6.33. The van der Waals surface area contributed by atoms with Gasteiger partial charge in [-0.1, -0.05) is 17.7 Å². The van der Waals surface area contributed by atoms with Crippen molar-refractivity contribution in [2.24, 2.45) is 0 Å². The van der Waals surface area contributed by atoms with Gasteiger partial charge < -0.3 is 10.2 Å². The number of nitrogens with zero attached hydrogens (tertiary/aromatic N) is 1. The summed E-state index contributed by atoms with van der Waals surface area (Å²) in [6.07, 6.45) is 0. The fourth-order valence-corrected chi connectivity index (χ4v) is 1.23. The molecule has 1 aromatic rings. The Balaban J connectivity index is 2.82. The summed E-state index contributed by atoms with van der Waals surface area (Å²) in [5.41, 5.74) is 1.70. The summed E-state index contributed by atoms with van der Waals surface area (Å²) in [6.45, 7) is 1.95. The molecule has 1 aromatic carbocycles. The molecule has 76 valence electrons. The maximum atomic E-state index is 11.3. The van der Waals surface area contributed by atoms with Gasteiger partial charge in [0.2, 0.25) is 0 Å². The van der Waals surface area contributed by atoms with Crippen LogP contribution in [0, 0.1) is 6.92 Å². The van der Waals surface area contributed by atoms with Crippen molar-refractivity contribution in [1.29, 1.82) is 0 Å². The van der Waals surface area contributed by atoms with E-state index in [9.17, 15) is 4.79 Å². The first-order chi connectivity index (χ1) is 6.50. The fourth-order valence-electron chi connectivity index (χ4n) is 0.949. The van der Waals surface area contributed by atoms with E-state index in [-0.39, 0.29) is 6.03 Å². The molecule has 0 radical (unpaired) electrons. The van der Waals surface area contributed by atoms with E-state index in [1.165, 1.54) is 4.90 Å². The van der Waals surface area contributed by atoms with Crippen molar-refractivity contribution in [3.63, 3.8) is 0 Å². The normalized spacial score (nSPS) is 9.71. The number of urea groups is 1. The summed E-state index contributed by atoms with van der Waals surface area (Å²) in [7, 11) is 3.36. The van der Waals surface area contributed by atoms with Gasteiger partial charge in [-0.25, -0.2) is 4.79 Å². The van der Waals surface area contributed by atoms with E-state index in [1.807, 2.05) is 19.1 Å².